The van der Waals surface area contributed by atoms with Gasteiger partial charge < -0.3 is 11.1 Å². The second-order valence-corrected chi connectivity index (χ2v) is 3.51. The highest BCUT2D eigenvalue weighted by atomic mass is 16.1. The molecule has 0 saturated carbocycles. The van der Waals surface area contributed by atoms with Crippen molar-refractivity contribution in [2.75, 3.05) is 13.1 Å². The van der Waals surface area contributed by atoms with Crippen LogP contribution in [0.15, 0.2) is 48.1 Å². The monoisotopic (exact) mass is 218 g/mol. The van der Waals surface area contributed by atoms with E-state index in [9.17, 15) is 4.79 Å². The van der Waals surface area contributed by atoms with Gasteiger partial charge in [0.15, 0.2) is 0 Å². The molecule has 0 fully saturated rings. The zero-order valence-corrected chi connectivity index (χ0v) is 9.36. The van der Waals surface area contributed by atoms with Crippen molar-refractivity contribution in [2.24, 2.45) is 5.73 Å². The Bertz CT molecular complexity index is 338. The number of nitrogens with two attached hydrogens (primary N) is 1. The Hall–Kier alpha value is -1.61. The topological polar surface area (TPSA) is 55.1 Å². The Balaban J connectivity index is 2.34. The van der Waals surface area contributed by atoms with Crippen molar-refractivity contribution >= 4 is 5.91 Å². The minimum absolute atomic E-state index is 0.0568. The summed E-state index contributed by atoms with van der Waals surface area (Å²) in [7, 11) is 0. The van der Waals surface area contributed by atoms with Crippen LogP contribution in [0.5, 0.6) is 0 Å². The van der Waals surface area contributed by atoms with Crippen LogP contribution >= 0.6 is 0 Å². The molecule has 0 unspecified atom stereocenters. The van der Waals surface area contributed by atoms with Crippen molar-refractivity contribution in [3.05, 3.63) is 48.1 Å². The molecule has 0 aromatic carbocycles. The molecule has 0 aromatic rings. The number of allylic oxidation sites excluding steroid dienone is 8. The molecule has 86 valence electrons. The number of carbonyl (C=O) groups excluding carboxylic acids is 1. The predicted molar refractivity (Wildman–Crippen MR) is 66.8 cm³/mol. The van der Waals surface area contributed by atoms with E-state index in [-0.39, 0.29) is 5.91 Å². The first-order chi connectivity index (χ1) is 7.83. The molecular formula is C13H18N2O. The lowest BCUT2D eigenvalue weighted by atomic mass is 10.1. The normalized spacial score (nSPS) is 23.4. The summed E-state index contributed by atoms with van der Waals surface area (Å²) in [4.78, 5) is 11.3. The lowest BCUT2D eigenvalue weighted by Crippen LogP contribution is -2.28. The zero-order chi connectivity index (χ0) is 11.6. The quantitative estimate of drug-likeness (QED) is 0.734. The van der Waals surface area contributed by atoms with E-state index in [1.807, 2.05) is 42.5 Å². The van der Waals surface area contributed by atoms with E-state index in [1.165, 1.54) is 0 Å². The highest BCUT2D eigenvalue weighted by Crippen LogP contribution is 2.08. The number of hydrogen-bond donors (Lipinski definition) is 2. The zero-order valence-electron chi connectivity index (χ0n) is 9.36. The molecule has 0 radical (unpaired) electrons. The molecule has 0 bridgehead atoms. The summed E-state index contributed by atoms with van der Waals surface area (Å²) in [6.45, 7) is 1.04. The van der Waals surface area contributed by atoms with Crippen molar-refractivity contribution < 1.29 is 4.79 Å². The third-order valence-electron chi connectivity index (χ3n) is 2.17. The van der Waals surface area contributed by atoms with Gasteiger partial charge in [0.1, 0.15) is 0 Å². The van der Waals surface area contributed by atoms with Gasteiger partial charge in [-0.3, -0.25) is 4.79 Å². The van der Waals surface area contributed by atoms with Crippen LogP contribution in [0, 0.1) is 0 Å². The summed E-state index contributed by atoms with van der Waals surface area (Å²) in [5, 5.41) is 2.75. The number of rotatable bonds is 5. The first-order valence-electron chi connectivity index (χ1n) is 5.50. The second kappa shape index (κ2) is 7.65. The minimum atomic E-state index is 0.0568. The van der Waals surface area contributed by atoms with Crippen LogP contribution in [0.2, 0.25) is 0 Å². The molecule has 0 atom stereocenters. The Labute approximate surface area is 96.4 Å². The van der Waals surface area contributed by atoms with Crippen molar-refractivity contribution in [1.82, 2.24) is 5.32 Å². The van der Waals surface area contributed by atoms with E-state index in [0.29, 0.717) is 19.5 Å². The van der Waals surface area contributed by atoms with E-state index in [4.69, 9.17) is 5.73 Å². The summed E-state index contributed by atoms with van der Waals surface area (Å²) in [6.07, 6.45) is 15.2. The molecular weight excluding hydrogens is 200 g/mol. The highest BCUT2D eigenvalue weighted by molar-refractivity contribution is 5.76. The standard InChI is InChI=1S/C13H18N2O/c14-10-11-15-13(16)9-8-12-6-4-2-1-3-5-7-12/h1-7H,8-11,14H2,(H,15,16)/b2-1-,3-1?,4-2?,5-3-,6-4-,7-5?,12-6?,12-7+. The molecule has 3 N–H and O–H groups in total. The van der Waals surface area contributed by atoms with Crippen molar-refractivity contribution in [2.45, 2.75) is 12.8 Å². The average Bonchev–Trinajstić information content (AvgIpc) is 2.25. The predicted octanol–water partition coefficient (Wildman–Crippen LogP) is 1.45. The number of carbonyl (C=O) groups is 1. The highest BCUT2D eigenvalue weighted by Gasteiger charge is 2.01. The molecule has 0 saturated heterocycles. The fraction of sp³-hybridized carbons (Fsp3) is 0.308. The first-order valence-corrected chi connectivity index (χ1v) is 5.50. The molecule has 1 aliphatic carbocycles. The molecule has 1 aliphatic rings. The summed E-state index contributed by atoms with van der Waals surface area (Å²) >= 11 is 0. The second-order valence-electron chi connectivity index (χ2n) is 3.51. The molecule has 1 amide bonds. The molecule has 0 aromatic heterocycles. The van der Waals surface area contributed by atoms with Gasteiger partial charge in [0.05, 0.1) is 0 Å². The maximum absolute atomic E-state index is 11.3. The fourth-order valence-electron chi connectivity index (χ4n) is 1.33. The van der Waals surface area contributed by atoms with E-state index >= 15 is 0 Å². The third kappa shape index (κ3) is 5.32. The van der Waals surface area contributed by atoms with Crippen LogP contribution in [-0.4, -0.2) is 19.0 Å². The molecule has 1 rings (SSSR count). The minimum Gasteiger partial charge on any atom is -0.355 e. The van der Waals surface area contributed by atoms with Gasteiger partial charge in [0.2, 0.25) is 5.91 Å². The summed E-state index contributed by atoms with van der Waals surface area (Å²) < 4.78 is 0. The summed E-state index contributed by atoms with van der Waals surface area (Å²) in [5.74, 6) is 0.0568. The van der Waals surface area contributed by atoms with Crippen LogP contribution in [0.3, 0.4) is 0 Å². The molecule has 3 nitrogen and oxygen atoms in total. The van der Waals surface area contributed by atoms with E-state index in [0.717, 1.165) is 12.0 Å². The molecule has 3 heteroatoms. The van der Waals surface area contributed by atoms with Crippen LogP contribution < -0.4 is 11.1 Å². The Kier molecular flexibility index (Phi) is 5.96. The van der Waals surface area contributed by atoms with Gasteiger partial charge >= 0.3 is 0 Å². The SMILES string of the molecule is NCCNC(=O)CCC1=C/C=C\C=C/C=C\1. The smallest absolute Gasteiger partial charge is 0.220 e. The molecule has 16 heavy (non-hydrogen) atoms. The maximum atomic E-state index is 11.3. The van der Waals surface area contributed by atoms with Gasteiger partial charge in [-0.05, 0) is 12.0 Å². The lowest BCUT2D eigenvalue weighted by Gasteiger charge is -2.04. The average molecular weight is 218 g/mol. The van der Waals surface area contributed by atoms with E-state index < -0.39 is 0 Å². The fourth-order valence-corrected chi connectivity index (χ4v) is 1.33. The maximum Gasteiger partial charge on any atom is 0.220 e. The van der Waals surface area contributed by atoms with Crippen LogP contribution in [0.4, 0.5) is 0 Å². The Morgan fingerprint density at radius 1 is 1.19 bits per heavy atom. The molecule has 0 spiro atoms. The summed E-state index contributed by atoms with van der Waals surface area (Å²) in [6, 6.07) is 0. The van der Waals surface area contributed by atoms with Gasteiger partial charge in [-0.1, -0.05) is 42.5 Å². The van der Waals surface area contributed by atoms with Gasteiger partial charge in [-0.25, -0.2) is 0 Å². The van der Waals surface area contributed by atoms with Crippen molar-refractivity contribution in [1.29, 1.82) is 0 Å². The van der Waals surface area contributed by atoms with Crippen LogP contribution in [0.25, 0.3) is 0 Å². The van der Waals surface area contributed by atoms with Gasteiger partial charge in [0.25, 0.3) is 0 Å². The molecule has 0 aliphatic heterocycles. The van der Waals surface area contributed by atoms with Crippen LogP contribution in [-0.2, 0) is 4.79 Å². The number of nitrogens with one attached hydrogen (secondary N) is 1. The first kappa shape index (κ1) is 12.5. The van der Waals surface area contributed by atoms with Gasteiger partial charge in [-0.2, -0.15) is 0 Å². The van der Waals surface area contributed by atoms with Crippen LogP contribution in [0.1, 0.15) is 12.8 Å². The third-order valence-corrected chi connectivity index (χ3v) is 2.17. The molecule has 0 heterocycles. The number of hydrogen-bond acceptors (Lipinski definition) is 2. The Morgan fingerprint density at radius 2 is 1.94 bits per heavy atom. The largest absolute Gasteiger partial charge is 0.355 e. The van der Waals surface area contributed by atoms with Gasteiger partial charge in [-0.15, -0.1) is 0 Å². The lowest BCUT2D eigenvalue weighted by molar-refractivity contribution is -0.120. The number of amides is 1. The van der Waals surface area contributed by atoms with E-state index in [1.54, 1.807) is 0 Å². The van der Waals surface area contributed by atoms with Crippen molar-refractivity contribution in [3.63, 3.8) is 0 Å². The summed E-state index contributed by atoms with van der Waals surface area (Å²) in [5.41, 5.74) is 6.46. The van der Waals surface area contributed by atoms with Crippen molar-refractivity contribution in [3.8, 4) is 0 Å². The van der Waals surface area contributed by atoms with E-state index in [2.05, 4.69) is 5.32 Å². The van der Waals surface area contributed by atoms with Gasteiger partial charge in [0, 0.05) is 19.5 Å². The Morgan fingerprint density at radius 3 is 2.75 bits per heavy atom.